The average molecular weight is 463 g/mol. The molecule has 1 aliphatic rings. The summed E-state index contributed by atoms with van der Waals surface area (Å²) in [5, 5.41) is 4.53. The standard InChI is InChI=1S/C24H23ClN6O2/c25-21-4-2-1-3-16(21)5-6-26-24(32)23-27-12-17(13-28-23)20-15-30-22-19(20)11-18(14-29-22)31-7-9-33-10-8-31/h1-4,11-15H,5-10H2,(H,26,32)(H,29,30). The first-order chi connectivity index (χ1) is 16.2. The van der Waals surface area contributed by atoms with Crippen molar-refractivity contribution in [3.8, 4) is 11.1 Å². The molecule has 0 bridgehead atoms. The van der Waals surface area contributed by atoms with Crippen LogP contribution in [0.25, 0.3) is 22.2 Å². The zero-order valence-electron chi connectivity index (χ0n) is 17.9. The largest absolute Gasteiger partial charge is 0.378 e. The van der Waals surface area contributed by atoms with Crippen molar-refractivity contribution in [1.82, 2.24) is 25.3 Å². The lowest BCUT2D eigenvalue weighted by molar-refractivity contribution is 0.0943. The number of ether oxygens (including phenoxy) is 1. The summed E-state index contributed by atoms with van der Waals surface area (Å²) in [6.45, 7) is 3.57. The molecule has 0 unspecified atom stereocenters. The minimum atomic E-state index is -0.316. The molecule has 4 aromatic rings. The highest BCUT2D eigenvalue weighted by Crippen LogP contribution is 2.30. The molecule has 4 heterocycles. The van der Waals surface area contributed by atoms with Crippen molar-refractivity contribution < 1.29 is 9.53 Å². The summed E-state index contributed by atoms with van der Waals surface area (Å²) in [4.78, 5) is 31.0. The number of halogens is 1. The van der Waals surface area contributed by atoms with Crippen LogP contribution < -0.4 is 10.2 Å². The number of H-pyrrole nitrogens is 1. The van der Waals surface area contributed by atoms with Crippen molar-refractivity contribution in [3.05, 3.63) is 71.5 Å². The van der Waals surface area contributed by atoms with Crippen molar-refractivity contribution in [2.45, 2.75) is 6.42 Å². The lowest BCUT2D eigenvalue weighted by Gasteiger charge is -2.28. The molecule has 0 saturated carbocycles. The van der Waals surface area contributed by atoms with E-state index in [9.17, 15) is 4.79 Å². The molecule has 0 spiro atoms. The molecule has 8 nitrogen and oxygen atoms in total. The summed E-state index contributed by atoms with van der Waals surface area (Å²) in [7, 11) is 0. The van der Waals surface area contributed by atoms with E-state index in [2.05, 4.69) is 36.2 Å². The van der Waals surface area contributed by atoms with Crippen LogP contribution in [0, 0.1) is 0 Å². The summed E-state index contributed by atoms with van der Waals surface area (Å²) in [6.07, 6.45) is 7.74. The van der Waals surface area contributed by atoms with E-state index in [-0.39, 0.29) is 11.7 Å². The van der Waals surface area contributed by atoms with Gasteiger partial charge in [-0.15, -0.1) is 0 Å². The van der Waals surface area contributed by atoms with Gasteiger partial charge in [0, 0.05) is 59.8 Å². The molecule has 0 atom stereocenters. The summed E-state index contributed by atoms with van der Waals surface area (Å²) in [6, 6.07) is 9.71. The molecule has 3 aromatic heterocycles. The number of aromatic amines is 1. The Morgan fingerprint density at radius 2 is 1.91 bits per heavy atom. The van der Waals surface area contributed by atoms with Gasteiger partial charge in [-0.2, -0.15) is 0 Å². The second-order valence-corrected chi connectivity index (χ2v) is 8.19. The van der Waals surface area contributed by atoms with Crippen LogP contribution in [-0.2, 0) is 11.2 Å². The van der Waals surface area contributed by atoms with E-state index in [1.807, 2.05) is 36.7 Å². The minimum Gasteiger partial charge on any atom is -0.378 e. The number of morpholine rings is 1. The highest BCUT2D eigenvalue weighted by atomic mass is 35.5. The van der Waals surface area contributed by atoms with Crippen LogP contribution in [0.4, 0.5) is 5.69 Å². The molecule has 168 valence electrons. The Bertz CT molecular complexity index is 1270. The number of hydrogen-bond acceptors (Lipinski definition) is 6. The molecule has 1 amide bonds. The zero-order valence-corrected chi connectivity index (χ0v) is 18.7. The Kier molecular flexibility index (Phi) is 6.19. The number of hydrogen-bond donors (Lipinski definition) is 2. The molecule has 33 heavy (non-hydrogen) atoms. The molecule has 1 aromatic carbocycles. The van der Waals surface area contributed by atoms with E-state index in [1.54, 1.807) is 12.4 Å². The fourth-order valence-electron chi connectivity index (χ4n) is 3.90. The van der Waals surface area contributed by atoms with Gasteiger partial charge in [0.05, 0.1) is 25.1 Å². The Morgan fingerprint density at radius 1 is 1.12 bits per heavy atom. The summed E-state index contributed by atoms with van der Waals surface area (Å²) in [5.74, 6) is -0.186. The molecule has 0 radical (unpaired) electrons. The SMILES string of the molecule is O=C(NCCc1ccccc1Cl)c1ncc(-c2c[nH]c3ncc(N4CCOCC4)cc23)cn1. The second-order valence-electron chi connectivity index (χ2n) is 7.78. The predicted octanol–water partition coefficient (Wildman–Crippen LogP) is 3.48. The van der Waals surface area contributed by atoms with Crippen molar-refractivity contribution in [2.24, 2.45) is 0 Å². The molecular formula is C24H23ClN6O2. The van der Waals surface area contributed by atoms with Crippen LogP contribution in [0.15, 0.2) is 55.1 Å². The highest BCUT2D eigenvalue weighted by Gasteiger charge is 2.16. The number of carbonyl (C=O) groups is 1. The maximum absolute atomic E-state index is 12.4. The Balaban J connectivity index is 1.28. The average Bonchev–Trinajstić information content (AvgIpc) is 3.29. The summed E-state index contributed by atoms with van der Waals surface area (Å²) < 4.78 is 5.45. The number of nitrogens with zero attached hydrogens (tertiary/aromatic N) is 4. The van der Waals surface area contributed by atoms with Crippen molar-refractivity contribution in [1.29, 1.82) is 0 Å². The van der Waals surface area contributed by atoms with E-state index in [1.165, 1.54) is 0 Å². The van der Waals surface area contributed by atoms with Gasteiger partial charge in [-0.05, 0) is 24.1 Å². The van der Waals surface area contributed by atoms with Gasteiger partial charge in [-0.3, -0.25) is 4.79 Å². The van der Waals surface area contributed by atoms with Crippen LogP contribution in [0.5, 0.6) is 0 Å². The van der Waals surface area contributed by atoms with E-state index in [0.29, 0.717) is 31.2 Å². The third-order valence-corrected chi connectivity index (χ3v) is 6.07. The van der Waals surface area contributed by atoms with E-state index >= 15 is 0 Å². The number of anilines is 1. The number of pyridine rings is 1. The van der Waals surface area contributed by atoms with Crippen molar-refractivity contribution in [3.63, 3.8) is 0 Å². The molecule has 1 saturated heterocycles. The van der Waals surface area contributed by atoms with E-state index in [4.69, 9.17) is 16.3 Å². The topological polar surface area (TPSA) is 96.0 Å². The van der Waals surface area contributed by atoms with Crippen LogP contribution in [0.1, 0.15) is 16.2 Å². The highest BCUT2D eigenvalue weighted by molar-refractivity contribution is 6.31. The number of aromatic nitrogens is 4. The van der Waals surface area contributed by atoms with Crippen LogP contribution in [0.3, 0.4) is 0 Å². The lowest BCUT2D eigenvalue weighted by Crippen LogP contribution is -2.36. The van der Waals surface area contributed by atoms with E-state index < -0.39 is 0 Å². The predicted molar refractivity (Wildman–Crippen MR) is 128 cm³/mol. The Hall–Kier alpha value is -3.49. The van der Waals surface area contributed by atoms with Gasteiger partial charge in [0.1, 0.15) is 5.65 Å². The first kappa shape index (κ1) is 21.4. The third-order valence-electron chi connectivity index (χ3n) is 5.70. The Morgan fingerprint density at radius 3 is 2.70 bits per heavy atom. The number of rotatable bonds is 6. The lowest BCUT2D eigenvalue weighted by atomic mass is 10.1. The summed E-state index contributed by atoms with van der Waals surface area (Å²) in [5.41, 5.74) is 4.60. The maximum Gasteiger partial charge on any atom is 0.289 e. The molecule has 9 heteroatoms. The monoisotopic (exact) mass is 462 g/mol. The molecular weight excluding hydrogens is 440 g/mol. The molecule has 1 fully saturated rings. The second kappa shape index (κ2) is 9.56. The third kappa shape index (κ3) is 4.67. The molecule has 0 aliphatic carbocycles. The molecule has 2 N–H and O–H groups in total. The number of fused-ring (bicyclic) bond motifs is 1. The maximum atomic E-state index is 12.4. The minimum absolute atomic E-state index is 0.130. The van der Waals surface area contributed by atoms with E-state index in [0.717, 1.165) is 46.5 Å². The van der Waals surface area contributed by atoms with Gasteiger partial charge >= 0.3 is 0 Å². The normalized spacial score (nSPS) is 13.9. The van der Waals surface area contributed by atoms with Crippen LogP contribution in [0.2, 0.25) is 5.02 Å². The van der Waals surface area contributed by atoms with Gasteiger partial charge in [-0.25, -0.2) is 15.0 Å². The van der Waals surface area contributed by atoms with Gasteiger partial charge in [-0.1, -0.05) is 29.8 Å². The van der Waals surface area contributed by atoms with Crippen LogP contribution in [-0.4, -0.2) is 58.7 Å². The fraction of sp³-hybridized carbons (Fsp3) is 0.250. The first-order valence-corrected chi connectivity index (χ1v) is 11.2. The van der Waals surface area contributed by atoms with Crippen molar-refractivity contribution >= 4 is 34.2 Å². The summed E-state index contributed by atoms with van der Waals surface area (Å²) >= 11 is 6.17. The fourth-order valence-corrected chi connectivity index (χ4v) is 4.13. The van der Waals surface area contributed by atoms with Gasteiger partial charge < -0.3 is 19.9 Å². The van der Waals surface area contributed by atoms with Gasteiger partial charge in [0.15, 0.2) is 0 Å². The number of carbonyl (C=O) groups excluding carboxylic acids is 1. The Labute approximate surface area is 196 Å². The molecule has 1 aliphatic heterocycles. The quantitative estimate of drug-likeness (QED) is 0.455. The molecule has 5 rings (SSSR count). The van der Waals surface area contributed by atoms with Crippen molar-refractivity contribution in [2.75, 3.05) is 37.7 Å². The number of benzene rings is 1. The number of amides is 1. The van der Waals surface area contributed by atoms with Gasteiger partial charge in [0.25, 0.3) is 5.91 Å². The van der Waals surface area contributed by atoms with Gasteiger partial charge in [0.2, 0.25) is 5.82 Å². The number of nitrogens with one attached hydrogen (secondary N) is 2. The van der Waals surface area contributed by atoms with Crippen LogP contribution >= 0.6 is 11.6 Å². The smallest absolute Gasteiger partial charge is 0.289 e. The first-order valence-electron chi connectivity index (χ1n) is 10.8. The zero-order chi connectivity index (χ0) is 22.6.